The summed E-state index contributed by atoms with van der Waals surface area (Å²) in [5.74, 6) is 0. The minimum atomic E-state index is 0.240. The van der Waals surface area contributed by atoms with E-state index < -0.39 is 0 Å². The fourth-order valence-corrected chi connectivity index (χ4v) is 1.79. The van der Waals surface area contributed by atoms with Gasteiger partial charge in [-0.05, 0) is 19.4 Å². The van der Waals surface area contributed by atoms with Crippen LogP contribution in [0, 0.1) is 5.41 Å². The van der Waals surface area contributed by atoms with Gasteiger partial charge in [0.05, 0.1) is 13.2 Å². The van der Waals surface area contributed by atoms with E-state index in [2.05, 4.69) is 12.2 Å². The lowest BCUT2D eigenvalue weighted by Crippen LogP contribution is -2.38. The first-order valence-electron chi connectivity index (χ1n) is 5.10. The van der Waals surface area contributed by atoms with Crippen LogP contribution in [0.25, 0.3) is 0 Å². The third-order valence-electron chi connectivity index (χ3n) is 2.56. The summed E-state index contributed by atoms with van der Waals surface area (Å²) in [6, 6.07) is 0. The van der Waals surface area contributed by atoms with Crippen LogP contribution >= 0.6 is 0 Å². The molecule has 0 aromatic rings. The summed E-state index contributed by atoms with van der Waals surface area (Å²) in [7, 11) is 1.76. The molecule has 1 unspecified atom stereocenters. The van der Waals surface area contributed by atoms with Crippen LogP contribution in [0.15, 0.2) is 0 Å². The van der Waals surface area contributed by atoms with Crippen molar-refractivity contribution in [1.29, 1.82) is 0 Å². The van der Waals surface area contributed by atoms with Crippen LogP contribution in [-0.4, -0.2) is 40.0 Å². The molecule has 1 rings (SSSR count). The van der Waals surface area contributed by atoms with Gasteiger partial charge in [0.25, 0.3) is 0 Å². The second-order valence-electron chi connectivity index (χ2n) is 3.91. The van der Waals surface area contributed by atoms with E-state index in [-0.39, 0.29) is 5.41 Å². The molecule has 0 spiro atoms. The Labute approximate surface area is 80.8 Å². The minimum Gasteiger partial charge on any atom is -0.384 e. The van der Waals surface area contributed by atoms with Crippen molar-refractivity contribution in [2.45, 2.75) is 19.8 Å². The molecule has 1 aliphatic rings. The van der Waals surface area contributed by atoms with E-state index in [0.717, 1.165) is 39.3 Å². The van der Waals surface area contributed by atoms with Crippen molar-refractivity contribution in [3.8, 4) is 0 Å². The lowest BCUT2D eigenvalue weighted by atomic mass is 9.88. The summed E-state index contributed by atoms with van der Waals surface area (Å²) in [6.07, 6.45) is 2.31. The molecular weight excluding hydrogens is 166 g/mol. The van der Waals surface area contributed by atoms with Gasteiger partial charge in [-0.3, -0.25) is 0 Å². The monoisotopic (exact) mass is 187 g/mol. The summed E-state index contributed by atoms with van der Waals surface area (Å²) >= 11 is 0. The lowest BCUT2D eigenvalue weighted by molar-refractivity contribution is 0.0626. The quantitative estimate of drug-likeness (QED) is 0.630. The maximum Gasteiger partial charge on any atom is 0.0557 e. The molecule has 1 heterocycles. The Bertz CT molecular complexity index is 133. The van der Waals surface area contributed by atoms with Crippen molar-refractivity contribution in [2.24, 2.45) is 5.41 Å². The zero-order valence-electron chi connectivity index (χ0n) is 8.77. The molecule has 0 saturated carbocycles. The van der Waals surface area contributed by atoms with E-state index >= 15 is 0 Å². The molecule has 3 nitrogen and oxygen atoms in total. The first-order chi connectivity index (χ1) is 6.33. The summed E-state index contributed by atoms with van der Waals surface area (Å²) < 4.78 is 10.7. The molecule has 13 heavy (non-hydrogen) atoms. The molecular formula is C10H21NO2. The number of methoxy groups -OCH3 is 1. The summed E-state index contributed by atoms with van der Waals surface area (Å²) in [5, 5.41) is 3.44. The molecule has 0 bridgehead atoms. The number of hydrogen-bond acceptors (Lipinski definition) is 3. The highest BCUT2D eigenvalue weighted by Crippen LogP contribution is 2.27. The van der Waals surface area contributed by atoms with Crippen molar-refractivity contribution < 1.29 is 9.47 Å². The topological polar surface area (TPSA) is 30.5 Å². The first kappa shape index (κ1) is 11.0. The number of rotatable bonds is 6. The molecule has 0 radical (unpaired) electrons. The van der Waals surface area contributed by atoms with Gasteiger partial charge in [0.2, 0.25) is 0 Å². The van der Waals surface area contributed by atoms with E-state index in [9.17, 15) is 0 Å². The lowest BCUT2D eigenvalue weighted by Gasteiger charge is -2.26. The highest BCUT2D eigenvalue weighted by atomic mass is 16.5. The molecule has 0 aliphatic carbocycles. The van der Waals surface area contributed by atoms with E-state index in [4.69, 9.17) is 9.47 Å². The van der Waals surface area contributed by atoms with E-state index in [1.807, 2.05) is 0 Å². The molecule has 3 heteroatoms. The third-order valence-corrected chi connectivity index (χ3v) is 2.56. The van der Waals surface area contributed by atoms with Crippen LogP contribution in [0.1, 0.15) is 19.8 Å². The zero-order valence-corrected chi connectivity index (χ0v) is 8.77. The molecule has 1 aliphatic heterocycles. The van der Waals surface area contributed by atoms with Crippen molar-refractivity contribution in [2.75, 3.05) is 40.0 Å². The van der Waals surface area contributed by atoms with Gasteiger partial charge < -0.3 is 14.8 Å². The molecule has 0 aromatic heterocycles. The SMILES string of the molecule is CCCNCC1(COC)CCOC1. The number of ether oxygens (including phenoxy) is 2. The zero-order chi connectivity index (χ0) is 9.57. The highest BCUT2D eigenvalue weighted by molar-refractivity contribution is 4.85. The fourth-order valence-electron chi connectivity index (χ4n) is 1.79. The van der Waals surface area contributed by atoms with Gasteiger partial charge in [-0.2, -0.15) is 0 Å². The Hall–Kier alpha value is -0.120. The van der Waals surface area contributed by atoms with Gasteiger partial charge in [-0.15, -0.1) is 0 Å². The Kier molecular flexibility index (Phi) is 4.70. The standard InChI is InChI=1S/C10H21NO2/c1-3-5-11-7-10(8-12-2)4-6-13-9-10/h11H,3-9H2,1-2H3. The molecule has 1 N–H and O–H groups in total. The second kappa shape index (κ2) is 5.58. The molecule has 1 saturated heterocycles. The predicted octanol–water partition coefficient (Wildman–Crippen LogP) is 1.04. The predicted molar refractivity (Wildman–Crippen MR) is 52.9 cm³/mol. The second-order valence-corrected chi connectivity index (χ2v) is 3.91. The number of hydrogen-bond donors (Lipinski definition) is 1. The van der Waals surface area contributed by atoms with Crippen molar-refractivity contribution >= 4 is 0 Å². The Morgan fingerprint density at radius 3 is 2.92 bits per heavy atom. The van der Waals surface area contributed by atoms with Crippen molar-refractivity contribution in [3.05, 3.63) is 0 Å². The molecule has 0 aromatic carbocycles. The van der Waals surface area contributed by atoms with Gasteiger partial charge in [-0.25, -0.2) is 0 Å². The van der Waals surface area contributed by atoms with E-state index in [1.54, 1.807) is 7.11 Å². The summed E-state index contributed by atoms with van der Waals surface area (Å²) in [4.78, 5) is 0. The van der Waals surface area contributed by atoms with Gasteiger partial charge in [0, 0.05) is 25.7 Å². The molecule has 1 fully saturated rings. The van der Waals surface area contributed by atoms with Gasteiger partial charge in [-0.1, -0.05) is 6.92 Å². The van der Waals surface area contributed by atoms with Crippen LogP contribution in [0.5, 0.6) is 0 Å². The Balaban J connectivity index is 2.28. The Morgan fingerprint density at radius 2 is 2.38 bits per heavy atom. The first-order valence-corrected chi connectivity index (χ1v) is 5.10. The van der Waals surface area contributed by atoms with Crippen molar-refractivity contribution in [3.63, 3.8) is 0 Å². The Morgan fingerprint density at radius 1 is 1.54 bits per heavy atom. The smallest absolute Gasteiger partial charge is 0.0557 e. The van der Waals surface area contributed by atoms with Crippen LogP contribution in [-0.2, 0) is 9.47 Å². The average Bonchev–Trinajstić information content (AvgIpc) is 2.55. The summed E-state index contributed by atoms with van der Waals surface area (Å²) in [5.41, 5.74) is 0.240. The molecule has 1 atom stereocenters. The van der Waals surface area contributed by atoms with Crippen LogP contribution in [0.2, 0.25) is 0 Å². The largest absolute Gasteiger partial charge is 0.384 e. The number of nitrogens with one attached hydrogen (secondary N) is 1. The van der Waals surface area contributed by atoms with Crippen molar-refractivity contribution in [1.82, 2.24) is 5.32 Å². The maximum atomic E-state index is 5.42. The molecule has 0 amide bonds. The van der Waals surface area contributed by atoms with Crippen LogP contribution in [0.3, 0.4) is 0 Å². The normalized spacial score (nSPS) is 28.2. The third kappa shape index (κ3) is 3.25. The summed E-state index contributed by atoms with van der Waals surface area (Å²) in [6.45, 7) is 6.83. The average molecular weight is 187 g/mol. The minimum absolute atomic E-state index is 0.240. The molecule has 78 valence electrons. The highest BCUT2D eigenvalue weighted by Gasteiger charge is 2.34. The maximum absolute atomic E-state index is 5.42. The van der Waals surface area contributed by atoms with Gasteiger partial charge in [0.15, 0.2) is 0 Å². The fraction of sp³-hybridized carbons (Fsp3) is 1.00. The van der Waals surface area contributed by atoms with E-state index in [1.165, 1.54) is 6.42 Å². The van der Waals surface area contributed by atoms with Gasteiger partial charge >= 0.3 is 0 Å². The van der Waals surface area contributed by atoms with Gasteiger partial charge in [0.1, 0.15) is 0 Å². The van der Waals surface area contributed by atoms with Crippen LogP contribution in [0.4, 0.5) is 0 Å². The van der Waals surface area contributed by atoms with E-state index in [0.29, 0.717) is 0 Å². The van der Waals surface area contributed by atoms with Crippen LogP contribution < -0.4 is 5.32 Å².